The van der Waals surface area contributed by atoms with Gasteiger partial charge in [0.15, 0.2) is 5.78 Å². The Morgan fingerprint density at radius 1 is 1.05 bits per heavy atom. The molecule has 0 fully saturated rings. The molecule has 4 heterocycles. The molecule has 0 spiro atoms. The molecule has 194 valence electrons. The highest BCUT2D eigenvalue weighted by atomic mass is 16.2. The van der Waals surface area contributed by atoms with Crippen molar-refractivity contribution in [2.75, 3.05) is 0 Å². The molecule has 0 aliphatic carbocycles. The summed E-state index contributed by atoms with van der Waals surface area (Å²) in [6.07, 6.45) is 9.61. The van der Waals surface area contributed by atoms with E-state index in [4.69, 9.17) is 0 Å². The number of hydrogen-bond donors (Lipinski definition) is 1. The maximum Gasteiger partial charge on any atom is 0.334 e. The zero-order chi connectivity index (χ0) is 26.6. The summed E-state index contributed by atoms with van der Waals surface area (Å²) in [4.78, 5) is 30.5. The summed E-state index contributed by atoms with van der Waals surface area (Å²) in [6.45, 7) is 6.43. The Balaban J connectivity index is 1.57. The minimum Gasteiger partial charge on any atom is -0.294 e. The number of nitrogens with one attached hydrogen (secondary N) is 1. The average molecular weight is 512 g/mol. The first-order valence-electron chi connectivity index (χ1n) is 12.7. The van der Waals surface area contributed by atoms with Crippen LogP contribution in [0.5, 0.6) is 0 Å². The molecule has 0 saturated carbocycles. The van der Waals surface area contributed by atoms with Gasteiger partial charge in [0.2, 0.25) is 5.82 Å². The number of benzene rings is 1. The van der Waals surface area contributed by atoms with Crippen LogP contribution in [0.25, 0.3) is 28.3 Å². The standard InChI is InChI=1S/C27H29N9O2/c1-4-6-7-22-17-35(26-24(18(3)37)15-29-36(26)5-2)27(38)34(22)16-21-14-28-13-12-23(21)19-8-10-20(11-9-19)25-30-32-33-31-25/h8-15,17H,4-7,16H2,1-3H3,(H,30,31,32,33). The van der Waals surface area contributed by atoms with E-state index in [0.29, 0.717) is 30.3 Å². The molecule has 0 radical (unpaired) electrons. The van der Waals surface area contributed by atoms with Crippen LogP contribution in [0.4, 0.5) is 0 Å². The number of pyridine rings is 1. The number of ketones is 1. The van der Waals surface area contributed by atoms with E-state index >= 15 is 0 Å². The Labute approximate surface area is 219 Å². The second kappa shape index (κ2) is 10.8. The van der Waals surface area contributed by atoms with Gasteiger partial charge >= 0.3 is 5.69 Å². The summed E-state index contributed by atoms with van der Waals surface area (Å²) in [5.41, 5.74) is 4.84. The van der Waals surface area contributed by atoms with E-state index in [1.165, 1.54) is 13.1 Å². The number of H-pyrrole nitrogens is 1. The van der Waals surface area contributed by atoms with Crippen LogP contribution in [0.1, 0.15) is 55.2 Å². The van der Waals surface area contributed by atoms with E-state index in [2.05, 4.69) is 37.6 Å². The first-order valence-corrected chi connectivity index (χ1v) is 12.7. The zero-order valence-corrected chi connectivity index (χ0v) is 21.6. The van der Waals surface area contributed by atoms with Crippen molar-refractivity contribution >= 4 is 5.78 Å². The Morgan fingerprint density at radius 2 is 1.84 bits per heavy atom. The number of aromatic amines is 1. The number of imidazole rings is 1. The van der Waals surface area contributed by atoms with Gasteiger partial charge in [0.05, 0.1) is 18.3 Å². The zero-order valence-electron chi connectivity index (χ0n) is 21.6. The monoisotopic (exact) mass is 511 g/mol. The van der Waals surface area contributed by atoms with Gasteiger partial charge < -0.3 is 0 Å². The van der Waals surface area contributed by atoms with Gasteiger partial charge in [0.25, 0.3) is 0 Å². The van der Waals surface area contributed by atoms with E-state index in [1.807, 2.05) is 43.5 Å². The smallest absolute Gasteiger partial charge is 0.294 e. The normalized spacial score (nSPS) is 11.2. The summed E-state index contributed by atoms with van der Waals surface area (Å²) in [5, 5.41) is 18.5. The Kier molecular flexibility index (Phi) is 7.07. The van der Waals surface area contributed by atoms with Crippen molar-refractivity contribution in [2.24, 2.45) is 0 Å². The highest BCUT2D eigenvalue weighted by molar-refractivity contribution is 5.96. The van der Waals surface area contributed by atoms with Crippen molar-refractivity contribution < 1.29 is 4.79 Å². The minimum atomic E-state index is -0.212. The number of carbonyl (C=O) groups excluding carboxylic acids is 1. The fourth-order valence-corrected chi connectivity index (χ4v) is 4.61. The van der Waals surface area contributed by atoms with Crippen LogP contribution in [0.2, 0.25) is 0 Å². The first-order chi connectivity index (χ1) is 18.5. The number of aromatic nitrogens is 9. The Hall–Kier alpha value is -4.67. The van der Waals surface area contributed by atoms with Crippen molar-refractivity contribution in [3.8, 4) is 28.3 Å². The molecule has 0 bridgehead atoms. The van der Waals surface area contributed by atoms with Crippen molar-refractivity contribution in [3.05, 3.63) is 82.4 Å². The molecule has 0 unspecified atom stereocenters. The molecule has 11 nitrogen and oxygen atoms in total. The predicted molar refractivity (Wildman–Crippen MR) is 142 cm³/mol. The lowest BCUT2D eigenvalue weighted by atomic mass is 10.00. The first kappa shape index (κ1) is 25.0. The third-order valence-corrected chi connectivity index (χ3v) is 6.60. The molecule has 0 aliphatic rings. The second-order valence-corrected chi connectivity index (χ2v) is 9.06. The molecule has 1 N–H and O–H groups in total. The molecule has 11 heteroatoms. The van der Waals surface area contributed by atoms with Crippen LogP contribution in [0.3, 0.4) is 0 Å². The molecule has 4 aromatic heterocycles. The summed E-state index contributed by atoms with van der Waals surface area (Å²) in [7, 11) is 0. The number of unbranched alkanes of at least 4 members (excludes halogenated alkanes) is 1. The van der Waals surface area contributed by atoms with Crippen LogP contribution < -0.4 is 5.69 Å². The fraction of sp³-hybridized carbons (Fsp3) is 0.296. The van der Waals surface area contributed by atoms with E-state index in [0.717, 1.165) is 47.2 Å². The largest absolute Gasteiger partial charge is 0.334 e. The third kappa shape index (κ3) is 4.70. The summed E-state index contributed by atoms with van der Waals surface area (Å²) < 4.78 is 5.03. The van der Waals surface area contributed by atoms with Gasteiger partial charge in [-0.15, -0.1) is 10.2 Å². The molecule has 0 aliphatic heterocycles. The van der Waals surface area contributed by atoms with Crippen LogP contribution >= 0.6 is 0 Å². The SMILES string of the molecule is CCCCc1cn(-c2c(C(C)=O)cnn2CC)c(=O)n1Cc1cnccc1-c1ccc(-c2nn[nH]n2)cc1. The highest BCUT2D eigenvalue weighted by Gasteiger charge is 2.21. The highest BCUT2D eigenvalue weighted by Crippen LogP contribution is 2.26. The molecule has 0 atom stereocenters. The number of nitrogens with zero attached hydrogens (tertiary/aromatic N) is 8. The number of aryl methyl sites for hydroxylation is 2. The van der Waals surface area contributed by atoms with E-state index in [1.54, 1.807) is 26.2 Å². The molecule has 38 heavy (non-hydrogen) atoms. The molecule has 0 amide bonds. The molecule has 0 saturated heterocycles. The lowest BCUT2D eigenvalue weighted by Crippen LogP contribution is -2.27. The maximum atomic E-state index is 13.9. The Bertz CT molecular complexity index is 1610. The molecule has 5 rings (SSSR count). The van der Waals surface area contributed by atoms with E-state index in [-0.39, 0.29) is 11.5 Å². The average Bonchev–Trinajstić information content (AvgIpc) is 3.68. The van der Waals surface area contributed by atoms with Gasteiger partial charge in [0.1, 0.15) is 5.82 Å². The lowest BCUT2D eigenvalue weighted by molar-refractivity contribution is 0.101. The number of hydrogen-bond acceptors (Lipinski definition) is 7. The summed E-state index contributed by atoms with van der Waals surface area (Å²) >= 11 is 0. The van der Waals surface area contributed by atoms with Gasteiger partial charge in [-0.1, -0.05) is 37.6 Å². The number of carbonyl (C=O) groups is 1. The summed E-state index contributed by atoms with van der Waals surface area (Å²) in [5.74, 6) is 0.898. The molecular formula is C27H29N9O2. The minimum absolute atomic E-state index is 0.131. The third-order valence-electron chi connectivity index (χ3n) is 6.60. The number of rotatable bonds is 10. The van der Waals surface area contributed by atoms with Gasteiger partial charge in [-0.25, -0.2) is 9.48 Å². The fourth-order valence-electron chi connectivity index (χ4n) is 4.61. The molecular weight excluding hydrogens is 482 g/mol. The van der Waals surface area contributed by atoms with E-state index < -0.39 is 0 Å². The van der Waals surface area contributed by atoms with Crippen LogP contribution in [-0.4, -0.2) is 50.3 Å². The van der Waals surface area contributed by atoms with Crippen molar-refractivity contribution in [3.63, 3.8) is 0 Å². The topological polar surface area (TPSA) is 129 Å². The van der Waals surface area contributed by atoms with Crippen molar-refractivity contribution in [2.45, 2.75) is 53.1 Å². The molecule has 1 aromatic carbocycles. The van der Waals surface area contributed by atoms with Crippen LogP contribution in [0.15, 0.2) is 59.9 Å². The van der Waals surface area contributed by atoms with Crippen LogP contribution in [0, 0.1) is 0 Å². The van der Waals surface area contributed by atoms with Crippen molar-refractivity contribution in [1.82, 2.24) is 44.5 Å². The lowest BCUT2D eigenvalue weighted by Gasteiger charge is -2.12. The number of tetrazole rings is 1. The van der Waals surface area contributed by atoms with Crippen molar-refractivity contribution in [1.29, 1.82) is 0 Å². The maximum absolute atomic E-state index is 13.9. The van der Waals surface area contributed by atoms with Gasteiger partial charge in [0, 0.05) is 36.4 Å². The van der Waals surface area contributed by atoms with Gasteiger partial charge in [-0.05, 0) is 54.7 Å². The quantitative estimate of drug-likeness (QED) is 0.283. The summed E-state index contributed by atoms with van der Waals surface area (Å²) in [6, 6.07) is 9.82. The number of Topliss-reactive ketones (excluding diaryl/α,β-unsaturated/α-hetero) is 1. The van der Waals surface area contributed by atoms with E-state index in [9.17, 15) is 9.59 Å². The van der Waals surface area contributed by atoms with Crippen LogP contribution in [-0.2, 0) is 19.5 Å². The molecule has 5 aromatic rings. The van der Waals surface area contributed by atoms with Gasteiger partial charge in [-0.3, -0.25) is 18.9 Å². The Morgan fingerprint density at radius 3 is 2.53 bits per heavy atom. The van der Waals surface area contributed by atoms with Gasteiger partial charge in [-0.2, -0.15) is 10.3 Å². The second-order valence-electron chi connectivity index (χ2n) is 9.06. The predicted octanol–water partition coefficient (Wildman–Crippen LogP) is 3.69.